The Morgan fingerprint density at radius 3 is 2.45 bits per heavy atom. The van der Waals surface area contributed by atoms with Gasteiger partial charge in [0.2, 0.25) is 0 Å². The number of hydrogen-bond donors (Lipinski definition) is 1. The molecule has 0 spiro atoms. The standard InChI is InChI=1S/C16H24O3S/c17-20(18,19)13-7-1-2-8-14-11-5-6-12-16(14)15-9-3-4-10-15/h5-6,11-12,15H,1-4,7-10,13H2,(H,17,18,19). The molecule has 0 saturated heterocycles. The van der Waals surface area contributed by atoms with E-state index in [2.05, 4.69) is 24.3 Å². The van der Waals surface area contributed by atoms with Gasteiger partial charge in [0.25, 0.3) is 10.1 Å². The molecular formula is C16H24O3S. The zero-order valence-electron chi connectivity index (χ0n) is 11.9. The highest BCUT2D eigenvalue weighted by atomic mass is 32.2. The zero-order valence-corrected chi connectivity index (χ0v) is 12.7. The third-order valence-electron chi connectivity index (χ3n) is 4.20. The van der Waals surface area contributed by atoms with Crippen LogP contribution in [0.2, 0.25) is 0 Å². The fraction of sp³-hybridized carbons (Fsp3) is 0.625. The molecule has 1 fully saturated rings. The van der Waals surface area contributed by atoms with E-state index >= 15 is 0 Å². The van der Waals surface area contributed by atoms with E-state index in [4.69, 9.17) is 4.55 Å². The van der Waals surface area contributed by atoms with Crippen molar-refractivity contribution in [3.63, 3.8) is 0 Å². The van der Waals surface area contributed by atoms with Gasteiger partial charge in [0.05, 0.1) is 5.75 Å². The first-order valence-corrected chi connectivity index (χ1v) is 9.20. The highest BCUT2D eigenvalue weighted by Crippen LogP contribution is 2.36. The van der Waals surface area contributed by atoms with Gasteiger partial charge in [0.15, 0.2) is 0 Å². The van der Waals surface area contributed by atoms with Crippen molar-refractivity contribution < 1.29 is 13.0 Å². The predicted octanol–water partition coefficient (Wildman–Crippen LogP) is 3.94. The average molecular weight is 296 g/mol. The lowest BCUT2D eigenvalue weighted by atomic mass is 9.90. The molecule has 0 amide bonds. The fourth-order valence-electron chi connectivity index (χ4n) is 3.17. The number of unbranched alkanes of at least 4 members (excludes halogenated alkanes) is 2. The summed E-state index contributed by atoms with van der Waals surface area (Å²) < 4.78 is 30.0. The smallest absolute Gasteiger partial charge is 0.264 e. The fourth-order valence-corrected chi connectivity index (χ4v) is 3.74. The monoisotopic (exact) mass is 296 g/mol. The van der Waals surface area contributed by atoms with Crippen molar-refractivity contribution in [3.8, 4) is 0 Å². The van der Waals surface area contributed by atoms with E-state index < -0.39 is 10.1 Å². The molecule has 1 aliphatic rings. The van der Waals surface area contributed by atoms with Crippen LogP contribution in [0.5, 0.6) is 0 Å². The van der Waals surface area contributed by atoms with Crippen LogP contribution in [-0.4, -0.2) is 18.7 Å². The molecule has 112 valence electrons. The Morgan fingerprint density at radius 2 is 1.75 bits per heavy atom. The van der Waals surface area contributed by atoms with Crippen LogP contribution in [0.4, 0.5) is 0 Å². The van der Waals surface area contributed by atoms with Crippen LogP contribution in [0, 0.1) is 0 Å². The first-order chi connectivity index (χ1) is 9.56. The largest absolute Gasteiger partial charge is 0.286 e. The molecule has 1 aromatic carbocycles. The Hall–Kier alpha value is -0.870. The van der Waals surface area contributed by atoms with Gasteiger partial charge in [0, 0.05) is 0 Å². The van der Waals surface area contributed by atoms with Gasteiger partial charge in [-0.25, -0.2) is 0 Å². The van der Waals surface area contributed by atoms with Gasteiger partial charge in [0.1, 0.15) is 0 Å². The topological polar surface area (TPSA) is 54.4 Å². The first kappa shape index (κ1) is 15.5. The molecule has 0 unspecified atom stereocenters. The zero-order chi connectivity index (χ0) is 14.4. The molecule has 1 saturated carbocycles. The van der Waals surface area contributed by atoms with Gasteiger partial charge < -0.3 is 0 Å². The van der Waals surface area contributed by atoms with E-state index in [1.165, 1.54) is 36.8 Å². The summed E-state index contributed by atoms with van der Waals surface area (Å²) in [5.41, 5.74) is 2.92. The predicted molar refractivity (Wildman–Crippen MR) is 81.6 cm³/mol. The van der Waals surface area contributed by atoms with E-state index in [0.717, 1.165) is 25.2 Å². The van der Waals surface area contributed by atoms with E-state index in [0.29, 0.717) is 6.42 Å². The second-order valence-corrected chi connectivity index (χ2v) is 7.35. The van der Waals surface area contributed by atoms with Crippen LogP contribution in [0.3, 0.4) is 0 Å². The molecule has 0 radical (unpaired) electrons. The van der Waals surface area contributed by atoms with Gasteiger partial charge in [-0.1, -0.05) is 43.5 Å². The van der Waals surface area contributed by atoms with E-state index in [1.54, 1.807) is 0 Å². The minimum atomic E-state index is -3.79. The summed E-state index contributed by atoms with van der Waals surface area (Å²) in [6.45, 7) is 0. The molecule has 3 nitrogen and oxygen atoms in total. The van der Waals surface area contributed by atoms with Gasteiger partial charge in [-0.3, -0.25) is 4.55 Å². The summed E-state index contributed by atoms with van der Waals surface area (Å²) in [7, 11) is -3.79. The lowest BCUT2D eigenvalue weighted by Gasteiger charge is -2.15. The van der Waals surface area contributed by atoms with Gasteiger partial charge >= 0.3 is 0 Å². The van der Waals surface area contributed by atoms with Crippen LogP contribution in [0.1, 0.15) is 62.0 Å². The highest BCUT2D eigenvalue weighted by Gasteiger charge is 2.19. The summed E-state index contributed by atoms with van der Waals surface area (Å²) in [5, 5.41) is 0. The number of hydrogen-bond acceptors (Lipinski definition) is 2. The summed E-state index contributed by atoms with van der Waals surface area (Å²) in [4.78, 5) is 0. The molecular weight excluding hydrogens is 272 g/mol. The normalized spacial score (nSPS) is 16.6. The molecule has 1 aliphatic carbocycles. The Kier molecular flexibility index (Phi) is 5.61. The quantitative estimate of drug-likeness (QED) is 0.612. The van der Waals surface area contributed by atoms with Crippen molar-refractivity contribution in [1.82, 2.24) is 0 Å². The SMILES string of the molecule is O=S(=O)(O)CCCCCc1ccccc1C1CCCC1. The van der Waals surface area contributed by atoms with Gasteiger partial charge in [-0.15, -0.1) is 0 Å². The van der Waals surface area contributed by atoms with Crippen LogP contribution >= 0.6 is 0 Å². The molecule has 1 N–H and O–H groups in total. The molecule has 2 rings (SSSR count). The van der Waals surface area contributed by atoms with Crippen molar-refractivity contribution in [2.45, 2.75) is 57.3 Å². The summed E-state index contributed by atoms with van der Waals surface area (Å²) >= 11 is 0. The third-order valence-corrected chi connectivity index (χ3v) is 5.00. The van der Waals surface area contributed by atoms with E-state index in [1.807, 2.05) is 0 Å². The Morgan fingerprint density at radius 1 is 1.05 bits per heavy atom. The van der Waals surface area contributed by atoms with Gasteiger partial charge in [-0.05, 0) is 49.1 Å². The molecule has 0 aliphatic heterocycles. The number of benzene rings is 1. The van der Waals surface area contributed by atoms with E-state index in [-0.39, 0.29) is 5.75 Å². The molecule has 20 heavy (non-hydrogen) atoms. The third kappa shape index (κ3) is 4.91. The molecule has 0 atom stereocenters. The maximum absolute atomic E-state index is 10.6. The van der Waals surface area contributed by atoms with Crippen LogP contribution in [0.25, 0.3) is 0 Å². The minimum absolute atomic E-state index is 0.114. The van der Waals surface area contributed by atoms with Crippen molar-refractivity contribution in [3.05, 3.63) is 35.4 Å². The molecule has 0 bridgehead atoms. The maximum atomic E-state index is 10.6. The molecule has 0 heterocycles. The van der Waals surface area contributed by atoms with Crippen LogP contribution in [-0.2, 0) is 16.5 Å². The van der Waals surface area contributed by atoms with Crippen molar-refractivity contribution in [2.75, 3.05) is 5.75 Å². The van der Waals surface area contributed by atoms with Crippen molar-refractivity contribution in [1.29, 1.82) is 0 Å². The second kappa shape index (κ2) is 7.23. The minimum Gasteiger partial charge on any atom is -0.286 e. The van der Waals surface area contributed by atoms with E-state index in [9.17, 15) is 8.42 Å². The molecule has 0 aromatic heterocycles. The Bertz CT molecular complexity index is 516. The van der Waals surface area contributed by atoms with Crippen molar-refractivity contribution >= 4 is 10.1 Å². The van der Waals surface area contributed by atoms with Crippen LogP contribution < -0.4 is 0 Å². The number of aryl methyl sites for hydroxylation is 1. The van der Waals surface area contributed by atoms with Crippen molar-refractivity contribution in [2.24, 2.45) is 0 Å². The second-order valence-electron chi connectivity index (χ2n) is 5.78. The van der Waals surface area contributed by atoms with Gasteiger partial charge in [-0.2, -0.15) is 8.42 Å². The Labute approximate surface area is 122 Å². The van der Waals surface area contributed by atoms with Crippen LogP contribution in [0.15, 0.2) is 24.3 Å². The summed E-state index contributed by atoms with van der Waals surface area (Å²) in [6.07, 6.45) is 8.68. The number of rotatable bonds is 7. The highest BCUT2D eigenvalue weighted by molar-refractivity contribution is 7.85. The molecule has 4 heteroatoms. The average Bonchev–Trinajstić information content (AvgIpc) is 2.91. The summed E-state index contributed by atoms with van der Waals surface area (Å²) in [6, 6.07) is 8.67. The first-order valence-electron chi connectivity index (χ1n) is 7.59. The summed E-state index contributed by atoms with van der Waals surface area (Å²) in [5.74, 6) is 0.612. The maximum Gasteiger partial charge on any atom is 0.264 e. The lowest BCUT2D eigenvalue weighted by molar-refractivity contribution is 0.479. The molecule has 1 aromatic rings. The Balaban J connectivity index is 1.83. The lowest BCUT2D eigenvalue weighted by Crippen LogP contribution is -2.04.